The van der Waals surface area contributed by atoms with E-state index in [-0.39, 0.29) is 37.7 Å². The quantitative estimate of drug-likeness (QED) is 0.410. The molecular weight excluding hydrogens is 152 g/mol. The van der Waals surface area contributed by atoms with Crippen LogP contribution < -0.4 is 0 Å². The van der Waals surface area contributed by atoms with Gasteiger partial charge in [0.2, 0.25) is 0 Å². The zero-order valence-electron chi connectivity index (χ0n) is 4.57. The Morgan fingerprint density at radius 3 is 1.33 bits per heavy atom. The molecule has 0 rings (SSSR count). The molecule has 0 aliphatic rings. The molecule has 9 heavy (non-hydrogen) atoms. The molecule has 0 bridgehead atoms. The van der Waals surface area contributed by atoms with Crippen molar-refractivity contribution in [1.82, 2.24) is 0 Å². The van der Waals surface area contributed by atoms with Crippen LogP contribution in [0, 0.1) is 0 Å². The average molecular weight is 156 g/mol. The van der Waals surface area contributed by atoms with E-state index < -0.39 is 11.9 Å². The van der Waals surface area contributed by atoms with Gasteiger partial charge in [-0.25, -0.2) is 9.59 Å². The van der Waals surface area contributed by atoms with Crippen molar-refractivity contribution in [2.24, 2.45) is 0 Å². The summed E-state index contributed by atoms with van der Waals surface area (Å²) in [6, 6.07) is 0. The molecule has 2 N–H and O–H groups in total. The van der Waals surface area contributed by atoms with Crippen molar-refractivity contribution in [3.8, 4) is 0 Å². The molecule has 0 saturated carbocycles. The molecule has 4 nitrogen and oxygen atoms in total. The molecule has 0 amide bonds. The second-order valence-corrected chi connectivity index (χ2v) is 1.01. The molecule has 5 heteroatoms. The summed E-state index contributed by atoms with van der Waals surface area (Å²) in [6.45, 7) is 0. The largest absolute Gasteiger partial charge is 0.478 e. The minimum atomic E-state index is -1.26. The molecule has 0 aromatic rings. The van der Waals surface area contributed by atoms with E-state index in [1.807, 2.05) is 0 Å². The second-order valence-electron chi connectivity index (χ2n) is 1.01. The van der Waals surface area contributed by atoms with Crippen molar-refractivity contribution in [1.29, 1.82) is 0 Å². The fourth-order valence-corrected chi connectivity index (χ4v) is 0.143. The Kier molecular flexibility index (Phi) is 7.89. The molecule has 46 valence electrons. The van der Waals surface area contributed by atoms with Crippen LogP contribution in [0.3, 0.4) is 0 Å². The van der Waals surface area contributed by atoms with Crippen LogP contribution in [0.5, 0.6) is 0 Å². The van der Waals surface area contributed by atoms with E-state index in [2.05, 4.69) is 0 Å². The van der Waals surface area contributed by atoms with Crippen LogP contribution in [-0.4, -0.2) is 59.9 Å². The SMILES string of the molecule is O=C(O)/C=C\C(=O)O.[Ca]. The van der Waals surface area contributed by atoms with Gasteiger partial charge in [-0.1, -0.05) is 0 Å². The van der Waals surface area contributed by atoms with Crippen molar-refractivity contribution < 1.29 is 19.8 Å². The fourth-order valence-electron chi connectivity index (χ4n) is 0.143. The van der Waals surface area contributed by atoms with Gasteiger partial charge in [0.05, 0.1) is 0 Å². The van der Waals surface area contributed by atoms with Gasteiger partial charge in [0.25, 0.3) is 0 Å². The van der Waals surface area contributed by atoms with Crippen LogP contribution in [0.1, 0.15) is 0 Å². The van der Waals surface area contributed by atoms with Crippen molar-refractivity contribution in [3.63, 3.8) is 0 Å². The summed E-state index contributed by atoms with van der Waals surface area (Å²) in [5.74, 6) is -2.51. The smallest absolute Gasteiger partial charge is 0.328 e. The first kappa shape index (κ1) is 11.7. The van der Waals surface area contributed by atoms with Crippen molar-refractivity contribution in [3.05, 3.63) is 12.2 Å². The number of hydrogen-bond donors (Lipinski definition) is 2. The maximum atomic E-state index is 9.55. The molecule has 0 unspecified atom stereocenters. The van der Waals surface area contributed by atoms with E-state index in [9.17, 15) is 9.59 Å². The summed E-state index contributed by atoms with van der Waals surface area (Å²) >= 11 is 0. The molecular formula is C4H4CaO4. The second kappa shape index (κ2) is 6.07. The van der Waals surface area contributed by atoms with Crippen molar-refractivity contribution in [2.75, 3.05) is 0 Å². The monoisotopic (exact) mass is 156 g/mol. The van der Waals surface area contributed by atoms with Gasteiger partial charge in [0, 0.05) is 49.9 Å². The van der Waals surface area contributed by atoms with Gasteiger partial charge in [-0.05, 0) is 0 Å². The molecule has 2 radical (unpaired) electrons. The van der Waals surface area contributed by atoms with E-state index in [1.165, 1.54) is 0 Å². The Morgan fingerprint density at radius 1 is 1.00 bits per heavy atom. The van der Waals surface area contributed by atoms with Crippen LogP contribution >= 0.6 is 0 Å². The van der Waals surface area contributed by atoms with Gasteiger partial charge in [-0.3, -0.25) is 0 Å². The first-order chi connectivity index (χ1) is 3.63. The van der Waals surface area contributed by atoms with Crippen LogP contribution in [-0.2, 0) is 9.59 Å². The minimum Gasteiger partial charge on any atom is -0.478 e. The van der Waals surface area contributed by atoms with Crippen LogP contribution in [0.25, 0.3) is 0 Å². The topological polar surface area (TPSA) is 74.6 Å². The van der Waals surface area contributed by atoms with E-state index >= 15 is 0 Å². The maximum absolute atomic E-state index is 9.55. The van der Waals surface area contributed by atoms with Gasteiger partial charge >= 0.3 is 11.9 Å². The molecule has 0 aliphatic carbocycles. The maximum Gasteiger partial charge on any atom is 0.328 e. The van der Waals surface area contributed by atoms with Crippen LogP contribution in [0.4, 0.5) is 0 Å². The van der Waals surface area contributed by atoms with E-state index in [4.69, 9.17) is 10.2 Å². The number of carbonyl (C=O) groups is 2. The molecule has 0 saturated heterocycles. The van der Waals surface area contributed by atoms with Gasteiger partial charge in [-0.2, -0.15) is 0 Å². The minimum absolute atomic E-state index is 0. The molecule has 0 aliphatic heterocycles. The predicted molar refractivity (Wildman–Crippen MR) is 30.2 cm³/mol. The standard InChI is InChI=1S/C4H4O4.Ca/c5-3(6)1-2-4(7)8;/h1-2H,(H,5,6)(H,7,8);/b2-1-;. The Bertz CT molecular complexity index is 124. The van der Waals surface area contributed by atoms with Gasteiger partial charge in [0.15, 0.2) is 0 Å². The molecule has 0 spiro atoms. The summed E-state index contributed by atoms with van der Waals surface area (Å²) in [7, 11) is 0. The summed E-state index contributed by atoms with van der Waals surface area (Å²) in [6.07, 6.45) is 1.12. The molecule has 0 aromatic heterocycles. The Morgan fingerprint density at radius 2 is 1.22 bits per heavy atom. The molecule has 0 atom stereocenters. The van der Waals surface area contributed by atoms with E-state index in [1.54, 1.807) is 0 Å². The fraction of sp³-hybridized carbons (Fsp3) is 0. The Labute approximate surface area is 81.2 Å². The van der Waals surface area contributed by atoms with Crippen LogP contribution in [0.2, 0.25) is 0 Å². The molecule has 0 heterocycles. The number of carboxylic acids is 2. The first-order valence-electron chi connectivity index (χ1n) is 1.77. The normalized spacial score (nSPS) is 8.44. The zero-order chi connectivity index (χ0) is 6.57. The van der Waals surface area contributed by atoms with Crippen molar-refractivity contribution in [2.45, 2.75) is 0 Å². The van der Waals surface area contributed by atoms with Crippen molar-refractivity contribution >= 4 is 49.7 Å². The third-order valence-corrected chi connectivity index (χ3v) is 0.368. The Balaban J connectivity index is 0. The first-order valence-corrected chi connectivity index (χ1v) is 1.77. The molecule has 0 aromatic carbocycles. The number of hydrogen-bond acceptors (Lipinski definition) is 2. The third kappa shape index (κ3) is 11.5. The summed E-state index contributed by atoms with van der Waals surface area (Å²) in [5.41, 5.74) is 0. The third-order valence-electron chi connectivity index (χ3n) is 0.368. The molecule has 0 fully saturated rings. The predicted octanol–water partition coefficient (Wildman–Crippen LogP) is -0.669. The summed E-state index contributed by atoms with van der Waals surface area (Å²) in [4.78, 5) is 19.1. The van der Waals surface area contributed by atoms with Crippen LogP contribution in [0.15, 0.2) is 12.2 Å². The number of rotatable bonds is 2. The zero-order valence-corrected chi connectivity index (χ0v) is 6.78. The van der Waals surface area contributed by atoms with Gasteiger partial charge < -0.3 is 10.2 Å². The van der Waals surface area contributed by atoms with Gasteiger partial charge in [0.1, 0.15) is 0 Å². The van der Waals surface area contributed by atoms with Gasteiger partial charge in [-0.15, -0.1) is 0 Å². The summed E-state index contributed by atoms with van der Waals surface area (Å²) in [5, 5.41) is 15.6. The number of aliphatic carboxylic acids is 2. The Hall–Kier alpha value is -0.0603. The summed E-state index contributed by atoms with van der Waals surface area (Å²) < 4.78 is 0. The average Bonchev–Trinajstić information content (AvgIpc) is 1.61. The van der Waals surface area contributed by atoms with E-state index in [0.717, 1.165) is 0 Å². The number of carboxylic acid groups (broad SMARTS) is 2. The van der Waals surface area contributed by atoms with E-state index in [0.29, 0.717) is 12.2 Å².